The molecule has 2 aromatic rings. The molecule has 0 spiro atoms. The second-order valence-corrected chi connectivity index (χ2v) is 6.80. The lowest BCUT2D eigenvalue weighted by Crippen LogP contribution is -2.21. The fourth-order valence-corrected chi connectivity index (χ4v) is 2.84. The van der Waals surface area contributed by atoms with Crippen molar-refractivity contribution in [3.8, 4) is 5.75 Å². The number of carbonyl (C=O) groups excluding carboxylic acids is 1. The van der Waals surface area contributed by atoms with Gasteiger partial charge in [0, 0.05) is 10.7 Å². The van der Waals surface area contributed by atoms with E-state index in [4.69, 9.17) is 27.9 Å². The van der Waals surface area contributed by atoms with Crippen molar-refractivity contribution in [2.24, 2.45) is 0 Å². The number of amides is 1. The van der Waals surface area contributed by atoms with Crippen molar-refractivity contribution < 1.29 is 9.53 Å². The van der Waals surface area contributed by atoms with Crippen molar-refractivity contribution >= 4 is 40.5 Å². The molecule has 0 saturated carbocycles. The van der Waals surface area contributed by atoms with Gasteiger partial charge >= 0.3 is 0 Å². The minimum atomic E-state index is -0.163. The molecular formula is C20H24Cl2N2O2. The smallest absolute Gasteiger partial charge is 0.243 e. The van der Waals surface area contributed by atoms with Gasteiger partial charge in [-0.15, -0.1) is 0 Å². The van der Waals surface area contributed by atoms with E-state index in [1.165, 1.54) is 19.3 Å². The SMILES string of the molecule is CCCCCCOc1ccc(NC(=O)CNc2ccc(Cl)cc2Cl)cc1. The Kier molecular flexibility index (Phi) is 8.59. The first-order valence-corrected chi connectivity index (χ1v) is 9.55. The summed E-state index contributed by atoms with van der Waals surface area (Å²) in [7, 11) is 0. The molecule has 0 aliphatic carbocycles. The quantitative estimate of drug-likeness (QED) is 0.485. The van der Waals surface area contributed by atoms with E-state index >= 15 is 0 Å². The fraction of sp³-hybridized carbons (Fsp3) is 0.350. The molecule has 140 valence electrons. The molecule has 4 nitrogen and oxygen atoms in total. The minimum Gasteiger partial charge on any atom is -0.494 e. The van der Waals surface area contributed by atoms with Crippen LogP contribution in [0.3, 0.4) is 0 Å². The van der Waals surface area contributed by atoms with Gasteiger partial charge in [-0.05, 0) is 48.9 Å². The molecular weight excluding hydrogens is 371 g/mol. The molecule has 2 N–H and O–H groups in total. The van der Waals surface area contributed by atoms with Crippen molar-refractivity contribution in [1.82, 2.24) is 0 Å². The summed E-state index contributed by atoms with van der Waals surface area (Å²) in [6.07, 6.45) is 4.71. The Hall–Kier alpha value is -1.91. The van der Waals surface area contributed by atoms with Crippen molar-refractivity contribution in [3.63, 3.8) is 0 Å². The van der Waals surface area contributed by atoms with Gasteiger partial charge in [0.2, 0.25) is 5.91 Å². The van der Waals surface area contributed by atoms with Crippen molar-refractivity contribution in [2.75, 3.05) is 23.8 Å². The summed E-state index contributed by atoms with van der Waals surface area (Å²) in [5.41, 5.74) is 1.38. The van der Waals surface area contributed by atoms with E-state index in [0.29, 0.717) is 15.7 Å². The van der Waals surface area contributed by atoms with Gasteiger partial charge < -0.3 is 15.4 Å². The maximum atomic E-state index is 12.0. The highest BCUT2D eigenvalue weighted by Gasteiger charge is 2.05. The standard InChI is InChI=1S/C20H24Cl2N2O2/c1-2-3-4-5-12-26-17-9-7-16(8-10-17)24-20(25)14-23-19-11-6-15(21)13-18(19)22/h6-11,13,23H,2-5,12,14H2,1H3,(H,24,25). The van der Waals surface area contributed by atoms with Crippen LogP contribution in [-0.4, -0.2) is 19.1 Å². The number of unbranched alkanes of at least 4 members (excludes halogenated alkanes) is 3. The minimum absolute atomic E-state index is 0.108. The molecule has 0 bridgehead atoms. The van der Waals surface area contributed by atoms with Crippen LogP contribution in [0, 0.1) is 0 Å². The molecule has 0 aliphatic rings. The number of rotatable bonds is 10. The Balaban J connectivity index is 1.74. The Morgan fingerprint density at radius 2 is 1.81 bits per heavy atom. The number of carbonyl (C=O) groups is 1. The first-order valence-electron chi connectivity index (χ1n) is 8.80. The van der Waals surface area contributed by atoms with Gasteiger partial charge in [0.05, 0.1) is 23.9 Å². The summed E-state index contributed by atoms with van der Waals surface area (Å²) in [5.74, 6) is 0.648. The third-order valence-electron chi connectivity index (χ3n) is 3.78. The zero-order valence-corrected chi connectivity index (χ0v) is 16.4. The average molecular weight is 395 g/mol. The van der Waals surface area contributed by atoms with Gasteiger partial charge in [0.25, 0.3) is 0 Å². The van der Waals surface area contributed by atoms with Crippen LogP contribution in [0.2, 0.25) is 10.0 Å². The summed E-state index contributed by atoms with van der Waals surface area (Å²) in [6.45, 7) is 3.02. The molecule has 6 heteroatoms. The second kappa shape index (κ2) is 10.9. The van der Waals surface area contributed by atoms with Gasteiger partial charge in [-0.3, -0.25) is 4.79 Å². The number of halogens is 2. The van der Waals surface area contributed by atoms with E-state index in [1.54, 1.807) is 18.2 Å². The Morgan fingerprint density at radius 1 is 1.04 bits per heavy atom. The van der Waals surface area contributed by atoms with Crippen LogP contribution in [-0.2, 0) is 4.79 Å². The first kappa shape index (κ1) is 20.4. The molecule has 1 amide bonds. The van der Waals surface area contributed by atoms with Crippen LogP contribution >= 0.6 is 23.2 Å². The van der Waals surface area contributed by atoms with Gasteiger partial charge in [0.15, 0.2) is 0 Å². The summed E-state index contributed by atoms with van der Waals surface area (Å²) in [5, 5.41) is 6.85. The van der Waals surface area contributed by atoms with Crippen molar-refractivity contribution in [1.29, 1.82) is 0 Å². The normalized spacial score (nSPS) is 10.4. The van der Waals surface area contributed by atoms with Crippen LogP contribution in [0.15, 0.2) is 42.5 Å². The van der Waals surface area contributed by atoms with E-state index in [1.807, 2.05) is 24.3 Å². The van der Waals surface area contributed by atoms with Crippen LogP contribution < -0.4 is 15.4 Å². The van der Waals surface area contributed by atoms with Crippen LogP contribution in [0.5, 0.6) is 5.75 Å². The highest BCUT2D eigenvalue weighted by atomic mass is 35.5. The molecule has 0 aromatic heterocycles. The van der Waals surface area contributed by atoms with Crippen LogP contribution in [0.1, 0.15) is 32.6 Å². The molecule has 2 aromatic carbocycles. The van der Waals surface area contributed by atoms with Gasteiger partial charge in [-0.2, -0.15) is 0 Å². The number of nitrogens with one attached hydrogen (secondary N) is 2. The molecule has 2 rings (SSSR count). The van der Waals surface area contributed by atoms with E-state index in [-0.39, 0.29) is 12.5 Å². The lowest BCUT2D eigenvalue weighted by atomic mass is 10.2. The molecule has 0 unspecified atom stereocenters. The zero-order valence-electron chi connectivity index (χ0n) is 14.9. The van der Waals surface area contributed by atoms with Crippen molar-refractivity contribution in [3.05, 3.63) is 52.5 Å². The lowest BCUT2D eigenvalue weighted by molar-refractivity contribution is -0.114. The van der Waals surface area contributed by atoms with Gasteiger partial charge in [-0.25, -0.2) is 0 Å². The number of ether oxygens (including phenoxy) is 1. The molecule has 0 heterocycles. The van der Waals surface area contributed by atoms with Gasteiger partial charge in [0.1, 0.15) is 5.75 Å². The number of hydrogen-bond donors (Lipinski definition) is 2. The highest BCUT2D eigenvalue weighted by molar-refractivity contribution is 6.36. The predicted octanol–water partition coefficient (Wildman–Crippen LogP) is 6.00. The maximum absolute atomic E-state index is 12.0. The Morgan fingerprint density at radius 3 is 2.50 bits per heavy atom. The summed E-state index contributed by atoms with van der Waals surface area (Å²) >= 11 is 11.9. The topological polar surface area (TPSA) is 50.4 Å². The van der Waals surface area contributed by atoms with E-state index in [0.717, 1.165) is 24.5 Å². The van der Waals surface area contributed by atoms with E-state index in [9.17, 15) is 4.79 Å². The second-order valence-electron chi connectivity index (χ2n) is 5.96. The lowest BCUT2D eigenvalue weighted by Gasteiger charge is -2.10. The monoisotopic (exact) mass is 394 g/mol. The number of benzene rings is 2. The summed E-state index contributed by atoms with van der Waals surface area (Å²) < 4.78 is 5.69. The van der Waals surface area contributed by atoms with Crippen LogP contribution in [0.4, 0.5) is 11.4 Å². The average Bonchev–Trinajstić information content (AvgIpc) is 2.62. The molecule has 26 heavy (non-hydrogen) atoms. The van der Waals surface area contributed by atoms with Crippen molar-refractivity contribution in [2.45, 2.75) is 32.6 Å². The van der Waals surface area contributed by atoms with E-state index < -0.39 is 0 Å². The Bertz CT molecular complexity index is 705. The number of hydrogen-bond acceptors (Lipinski definition) is 3. The molecule has 0 aliphatic heterocycles. The third kappa shape index (κ3) is 7.14. The molecule has 0 fully saturated rings. The number of anilines is 2. The molecule has 0 radical (unpaired) electrons. The van der Waals surface area contributed by atoms with Gasteiger partial charge in [-0.1, -0.05) is 49.4 Å². The predicted molar refractivity (Wildman–Crippen MR) is 110 cm³/mol. The maximum Gasteiger partial charge on any atom is 0.243 e. The van der Waals surface area contributed by atoms with Crippen LogP contribution in [0.25, 0.3) is 0 Å². The summed E-state index contributed by atoms with van der Waals surface area (Å²) in [4.78, 5) is 12.0. The van der Waals surface area contributed by atoms with E-state index in [2.05, 4.69) is 17.6 Å². The Labute approximate surface area is 164 Å². The molecule has 0 atom stereocenters. The fourth-order valence-electron chi connectivity index (χ4n) is 2.37. The first-order chi connectivity index (χ1) is 12.6. The molecule has 0 saturated heterocycles. The largest absolute Gasteiger partial charge is 0.494 e. The zero-order chi connectivity index (χ0) is 18.8. The third-order valence-corrected chi connectivity index (χ3v) is 4.32. The summed E-state index contributed by atoms with van der Waals surface area (Å²) in [6, 6.07) is 12.5. The highest BCUT2D eigenvalue weighted by Crippen LogP contribution is 2.25.